The van der Waals surface area contributed by atoms with E-state index in [0.29, 0.717) is 0 Å². The summed E-state index contributed by atoms with van der Waals surface area (Å²) in [7, 11) is 0. The molecular formula is C32H20N4O. The van der Waals surface area contributed by atoms with Crippen LogP contribution in [0.25, 0.3) is 66.7 Å². The van der Waals surface area contributed by atoms with Crippen LogP contribution in [0.15, 0.2) is 126 Å². The van der Waals surface area contributed by atoms with E-state index < -0.39 is 0 Å². The maximum atomic E-state index is 5.87. The number of hydrogen-bond donors (Lipinski definition) is 0. The van der Waals surface area contributed by atoms with Crippen molar-refractivity contribution < 1.29 is 4.42 Å². The summed E-state index contributed by atoms with van der Waals surface area (Å²) in [5, 5.41) is 3.42. The Balaban J connectivity index is 1.40. The summed E-state index contributed by atoms with van der Waals surface area (Å²) in [6.07, 6.45) is 3.86. The van der Waals surface area contributed by atoms with E-state index in [0.717, 1.165) is 61.3 Å². The van der Waals surface area contributed by atoms with E-state index in [-0.39, 0.29) is 0 Å². The van der Waals surface area contributed by atoms with Crippen LogP contribution in [-0.4, -0.2) is 19.1 Å². The van der Waals surface area contributed by atoms with Crippen LogP contribution in [0.4, 0.5) is 0 Å². The van der Waals surface area contributed by atoms with Gasteiger partial charge >= 0.3 is 0 Å². The van der Waals surface area contributed by atoms with Crippen LogP contribution in [-0.2, 0) is 0 Å². The number of benzene rings is 3. The molecule has 5 heterocycles. The third-order valence-corrected chi connectivity index (χ3v) is 7.07. The molecule has 0 aliphatic carbocycles. The topological polar surface area (TPSA) is 48.8 Å². The van der Waals surface area contributed by atoms with Crippen molar-refractivity contribution >= 4 is 43.9 Å². The van der Waals surface area contributed by atoms with Gasteiger partial charge in [-0.05, 0) is 53.4 Å². The molecule has 0 aliphatic heterocycles. The van der Waals surface area contributed by atoms with Crippen LogP contribution in [0.5, 0.6) is 0 Å². The molecule has 0 aliphatic rings. The molecule has 0 N–H and O–H groups in total. The third kappa shape index (κ3) is 2.98. The third-order valence-electron chi connectivity index (χ3n) is 7.07. The summed E-state index contributed by atoms with van der Waals surface area (Å²) >= 11 is 0. The second-order valence-electron chi connectivity index (χ2n) is 9.17. The lowest BCUT2D eigenvalue weighted by atomic mass is 10.1. The standard InChI is InChI=1S/C32H20N4O/c1-2-8-21(9-3-1)25-20-37-28-15-17-30(33-31(25)28)36-27-13-7-5-11-23(27)24-14-16-29(34-32(24)36)35-19-18-22-10-4-6-12-26(22)35/h1-20H. The average Bonchev–Trinajstić information content (AvgIpc) is 3.66. The molecule has 3 aromatic carbocycles. The van der Waals surface area contributed by atoms with Gasteiger partial charge in [-0.3, -0.25) is 4.57 Å². The second-order valence-corrected chi connectivity index (χ2v) is 9.17. The molecule has 0 saturated heterocycles. The summed E-state index contributed by atoms with van der Waals surface area (Å²) in [4.78, 5) is 10.3. The molecule has 5 heteroatoms. The number of pyridine rings is 2. The lowest BCUT2D eigenvalue weighted by Crippen LogP contribution is -2.01. The van der Waals surface area contributed by atoms with Gasteiger partial charge in [0.2, 0.25) is 0 Å². The van der Waals surface area contributed by atoms with Gasteiger partial charge < -0.3 is 8.98 Å². The Morgan fingerprint density at radius 1 is 0.595 bits per heavy atom. The van der Waals surface area contributed by atoms with Crippen LogP contribution in [0.2, 0.25) is 0 Å². The Morgan fingerprint density at radius 2 is 1.38 bits per heavy atom. The van der Waals surface area contributed by atoms with E-state index >= 15 is 0 Å². The minimum atomic E-state index is 0.760. The first-order valence-electron chi connectivity index (χ1n) is 12.3. The molecule has 5 aromatic heterocycles. The average molecular weight is 477 g/mol. The number of rotatable bonds is 3. The summed E-state index contributed by atoms with van der Waals surface area (Å²) in [5.41, 5.74) is 6.71. The highest BCUT2D eigenvalue weighted by Gasteiger charge is 2.18. The lowest BCUT2D eigenvalue weighted by Gasteiger charge is -2.09. The number of nitrogens with zero attached hydrogens (tertiary/aromatic N) is 4. The van der Waals surface area contributed by atoms with Crippen LogP contribution in [0.1, 0.15) is 0 Å². The van der Waals surface area contributed by atoms with Crippen molar-refractivity contribution in [1.29, 1.82) is 0 Å². The van der Waals surface area contributed by atoms with Gasteiger partial charge in [-0.1, -0.05) is 66.7 Å². The van der Waals surface area contributed by atoms with Crippen LogP contribution in [0.3, 0.4) is 0 Å². The highest BCUT2D eigenvalue weighted by Crippen LogP contribution is 2.34. The van der Waals surface area contributed by atoms with E-state index in [1.54, 1.807) is 6.26 Å². The van der Waals surface area contributed by atoms with Crippen LogP contribution < -0.4 is 0 Å². The summed E-state index contributed by atoms with van der Waals surface area (Å²) in [6, 6.07) is 37.4. The quantitative estimate of drug-likeness (QED) is 0.260. The molecule has 8 aromatic rings. The zero-order valence-electron chi connectivity index (χ0n) is 19.7. The van der Waals surface area contributed by atoms with Crippen molar-refractivity contribution in [3.8, 4) is 22.8 Å². The predicted octanol–water partition coefficient (Wildman–Crippen LogP) is 7.93. The normalized spacial score (nSPS) is 11.8. The highest BCUT2D eigenvalue weighted by molar-refractivity contribution is 6.08. The van der Waals surface area contributed by atoms with Crippen molar-refractivity contribution in [2.24, 2.45) is 0 Å². The maximum absolute atomic E-state index is 5.87. The molecule has 0 radical (unpaired) electrons. The minimum Gasteiger partial charge on any atom is -0.462 e. The molecule has 174 valence electrons. The Hall–Kier alpha value is -5.16. The summed E-state index contributed by atoms with van der Waals surface area (Å²) in [6.45, 7) is 0. The number of para-hydroxylation sites is 2. The summed E-state index contributed by atoms with van der Waals surface area (Å²) in [5.74, 6) is 1.67. The van der Waals surface area contributed by atoms with Crippen molar-refractivity contribution in [2.45, 2.75) is 0 Å². The van der Waals surface area contributed by atoms with Gasteiger partial charge in [0.05, 0.1) is 11.0 Å². The largest absolute Gasteiger partial charge is 0.462 e. The van der Waals surface area contributed by atoms with Crippen molar-refractivity contribution in [3.05, 3.63) is 122 Å². The molecule has 0 bridgehead atoms. The fourth-order valence-electron chi connectivity index (χ4n) is 5.33. The molecule has 8 rings (SSSR count). The van der Waals surface area contributed by atoms with Gasteiger partial charge in [-0.15, -0.1) is 0 Å². The molecule has 37 heavy (non-hydrogen) atoms. The van der Waals surface area contributed by atoms with Gasteiger partial charge in [0.15, 0.2) is 5.58 Å². The molecule has 0 saturated carbocycles. The lowest BCUT2D eigenvalue weighted by molar-refractivity contribution is 0.616. The van der Waals surface area contributed by atoms with Crippen molar-refractivity contribution in [2.75, 3.05) is 0 Å². The Morgan fingerprint density at radius 3 is 2.30 bits per heavy atom. The predicted molar refractivity (Wildman–Crippen MR) is 148 cm³/mol. The molecule has 0 fully saturated rings. The number of hydrogen-bond acceptors (Lipinski definition) is 3. The Kier molecular flexibility index (Phi) is 4.16. The Bertz CT molecular complexity index is 2100. The Labute approximate surface area is 211 Å². The van der Waals surface area contributed by atoms with Gasteiger partial charge in [-0.25, -0.2) is 9.97 Å². The van der Waals surface area contributed by atoms with E-state index in [1.165, 1.54) is 5.39 Å². The van der Waals surface area contributed by atoms with Crippen LogP contribution in [0, 0.1) is 0 Å². The first kappa shape index (κ1) is 20.1. The first-order valence-corrected chi connectivity index (χ1v) is 12.3. The molecule has 0 amide bonds. The summed E-state index contributed by atoms with van der Waals surface area (Å²) < 4.78 is 10.2. The van der Waals surface area contributed by atoms with E-state index in [2.05, 4.69) is 94.2 Å². The van der Waals surface area contributed by atoms with E-state index in [1.807, 2.05) is 30.3 Å². The van der Waals surface area contributed by atoms with Gasteiger partial charge in [0.25, 0.3) is 0 Å². The molecule has 0 spiro atoms. The molecule has 5 nitrogen and oxygen atoms in total. The molecule has 0 unspecified atom stereocenters. The number of aromatic nitrogens is 4. The van der Waals surface area contributed by atoms with E-state index in [4.69, 9.17) is 14.4 Å². The SMILES string of the molecule is c1ccc(-c2coc3ccc(-n4c5ccccc5c5ccc(-n6ccc7ccccc76)nc54)nc23)cc1. The van der Waals surface area contributed by atoms with Gasteiger partial charge in [0.1, 0.15) is 29.1 Å². The minimum absolute atomic E-state index is 0.760. The fourth-order valence-corrected chi connectivity index (χ4v) is 5.33. The zero-order valence-corrected chi connectivity index (χ0v) is 19.7. The second kappa shape index (κ2) is 7.67. The molecule has 0 atom stereocenters. The molecular weight excluding hydrogens is 456 g/mol. The smallest absolute Gasteiger partial charge is 0.153 e. The zero-order chi connectivity index (χ0) is 24.3. The maximum Gasteiger partial charge on any atom is 0.153 e. The van der Waals surface area contributed by atoms with Crippen molar-refractivity contribution in [1.82, 2.24) is 19.1 Å². The first-order chi connectivity index (χ1) is 18.3. The highest BCUT2D eigenvalue weighted by atomic mass is 16.3. The van der Waals surface area contributed by atoms with E-state index in [9.17, 15) is 0 Å². The monoisotopic (exact) mass is 476 g/mol. The number of fused-ring (bicyclic) bond motifs is 5. The van der Waals surface area contributed by atoms with Gasteiger partial charge in [0, 0.05) is 22.5 Å². The van der Waals surface area contributed by atoms with Gasteiger partial charge in [-0.2, -0.15) is 0 Å². The van der Waals surface area contributed by atoms with Crippen LogP contribution >= 0.6 is 0 Å². The van der Waals surface area contributed by atoms with Crippen molar-refractivity contribution in [3.63, 3.8) is 0 Å². The fraction of sp³-hybridized carbons (Fsp3) is 0. The number of furan rings is 1.